The van der Waals surface area contributed by atoms with Gasteiger partial charge in [-0.2, -0.15) is 0 Å². The van der Waals surface area contributed by atoms with E-state index in [0.29, 0.717) is 30.4 Å². The highest BCUT2D eigenvalue weighted by Gasteiger charge is 2.19. The summed E-state index contributed by atoms with van der Waals surface area (Å²) in [5.74, 6) is -0.0645. The number of aromatic nitrogens is 1. The lowest BCUT2D eigenvalue weighted by Crippen LogP contribution is -2.38. The topological polar surface area (TPSA) is 45.7 Å². The van der Waals surface area contributed by atoms with E-state index in [9.17, 15) is 4.79 Å². The minimum atomic E-state index is -0.0645. The number of rotatable bonds is 8. The van der Waals surface area contributed by atoms with Crippen molar-refractivity contribution < 1.29 is 9.53 Å². The van der Waals surface area contributed by atoms with Gasteiger partial charge in [-0.1, -0.05) is 23.7 Å². The molecule has 0 spiro atoms. The lowest BCUT2D eigenvalue weighted by molar-refractivity contribution is 0.0678. The second-order valence-electron chi connectivity index (χ2n) is 5.63. The molecule has 0 aliphatic rings. The van der Waals surface area contributed by atoms with Crippen molar-refractivity contribution in [3.63, 3.8) is 0 Å². The molecule has 0 saturated carbocycles. The Balaban J connectivity index is 2.12. The molecule has 1 aromatic carbocycles. The minimum absolute atomic E-state index is 0.0645. The van der Waals surface area contributed by atoms with E-state index in [0.717, 1.165) is 17.1 Å². The van der Waals surface area contributed by atoms with Crippen molar-refractivity contribution in [2.75, 3.05) is 47.4 Å². The lowest BCUT2D eigenvalue weighted by Gasteiger charge is -2.23. The predicted octanol–water partition coefficient (Wildman–Crippen LogP) is 3.11. The first-order valence-corrected chi connectivity index (χ1v) is 8.91. The molecule has 1 heterocycles. The number of hydrogen-bond donors (Lipinski definition) is 0. The molecule has 0 unspecified atom stereocenters. The van der Waals surface area contributed by atoms with Crippen LogP contribution in [0.4, 0.5) is 0 Å². The summed E-state index contributed by atoms with van der Waals surface area (Å²) in [5.41, 5.74) is 1.43. The first-order chi connectivity index (χ1) is 11.5. The van der Waals surface area contributed by atoms with Gasteiger partial charge in [0.25, 0.3) is 5.91 Å². The summed E-state index contributed by atoms with van der Waals surface area (Å²) < 4.78 is 5.11. The van der Waals surface area contributed by atoms with E-state index in [-0.39, 0.29) is 5.91 Å². The molecular formula is C17H22ClN3O2S. The highest BCUT2D eigenvalue weighted by molar-refractivity contribution is 7.13. The SMILES string of the molecule is COCCN(CCN(C)C)C(=O)c1csc(-c2ccc(Cl)cc2)n1. The minimum Gasteiger partial charge on any atom is -0.383 e. The van der Waals surface area contributed by atoms with E-state index < -0.39 is 0 Å². The molecule has 0 atom stereocenters. The van der Waals surface area contributed by atoms with Crippen LogP contribution in [-0.4, -0.2) is 68.1 Å². The van der Waals surface area contributed by atoms with Crippen LogP contribution >= 0.6 is 22.9 Å². The van der Waals surface area contributed by atoms with Gasteiger partial charge in [0.1, 0.15) is 10.7 Å². The number of benzene rings is 1. The Morgan fingerprint density at radius 3 is 2.54 bits per heavy atom. The smallest absolute Gasteiger partial charge is 0.273 e. The molecule has 0 fully saturated rings. The Kier molecular flexibility index (Phi) is 7.17. The molecule has 130 valence electrons. The van der Waals surface area contributed by atoms with Gasteiger partial charge < -0.3 is 14.5 Å². The fourth-order valence-corrected chi connectivity index (χ4v) is 3.02. The monoisotopic (exact) mass is 367 g/mol. The van der Waals surface area contributed by atoms with Crippen molar-refractivity contribution in [2.24, 2.45) is 0 Å². The van der Waals surface area contributed by atoms with Crippen molar-refractivity contribution in [1.29, 1.82) is 0 Å². The normalized spacial score (nSPS) is 11.0. The Morgan fingerprint density at radius 2 is 1.92 bits per heavy atom. The highest BCUT2D eigenvalue weighted by Crippen LogP contribution is 2.25. The molecular weight excluding hydrogens is 346 g/mol. The zero-order valence-corrected chi connectivity index (χ0v) is 15.7. The summed E-state index contributed by atoms with van der Waals surface area (Å²) in [6.07, 6.45) is 0. The van der Waals surface area contributed by atoms with Crippen LogP contribution in [0, 0.1) is 0 Å². The van der Waals surface area contributed by atoms with Gasteiger partial charge in [0.05, 0.1) is 6.61 Å². The summed E-state index contributed by atoms with van der Waals surface area (Å²) in [6, 6.07) is 7.46. The number of thiazole rings is 1. The Bertz CT molecular complexity index is 658. The van der Waals surface area contributed by atoms with Gasteiger partial charge >= 0.3 is 0 Å². The standard InChI is InChI=1S/C17H22ClN3O2S/c1-20(2)8-9-21(10-11-23-3)17(22)15-12-24-16(19-15)13-4-6-14(18)7-5-13/h4-7,12H,8-11H2,1-3H3. The summed E-state index contributed by atoms with van der Waals surface area (Å²) in [5, 5.41) is 3.30. The van der Waals surface area contributed by atoms with Crippen molar-refractivity contribution in [3.8, 4) is 10.6 Å². The fraction of sp³-hybridized carbons (Fsp3) is 0.412. The van der Waals surface area contributed by atoms with E-state index in [1.807, 2.05) is 48.6 Å². The number of carbonyl (C=O) groups is 1. The zero-order chi connectivity index (χ0) is 17.5. The maximum absolute atomic E-state index is 12.7. The van der Waals surface area contributed by atoms with E-state index in [1.54, 1.807) is 12.0 Å². The van der Waals surface area contributed by atoms with Gasteiger partial charge in [0.2, 0.25) is 0 Å². The summed E-state index contributed by atoms with van der Waals surface area (Å²) in [7, 11) is 5.61. The van der Waals surface area contributed by atoms with E-state index in [2.05, 4.69) is 4.98 Å². The van der Waals surface area contributed by atoms with E-state index >= 15 is 0 Å². The highest BCUT2D eigenvalue weighted by atomic mass is 35.5. The van der Waals surface area contributed by atoms with Crippen LogP contribution in [0.25, 0.3) is 10.6 Å². The largest absolute Gasteiger partial charge is 0.383 e. The summed E-state index contributed by atoms with van der Waals surface area (Å²) in [6.45, 7) is 2.50. The molecule has 0 N–H and O–H groups in total. The number of likely N-dealkylation sites (N-methyl/N-ethyl adjacent to an activating group) is 1. The molecule has 0 bridgehead atoms. The van der Waals surface area contributed by atoms with Crippen molar-refractivity contribution in [2.45, 2.75) is 0 Å². The van der Waals surface area contributed by atoms with Crippen LogP contribution in [-0.2, 0) is 4.74 Å². The van der Waals surface area contributed by atoms with Gasteiger partial charge in [-0.25, -0.2) is 4.98 Å². The molecule has 1 aromatic heterocycles. The first kappa shape index (κ1) is 18.9. The van der Waals surface area contributed by atoms with E-state index in [1.165, 1.54) is 11.3 Å². The van der Waals surface area contributed by atoms with Crippen LogP contribution in [0.3, 0.4) is 0 Å². The molecule has 2 rings (SSSR count). The Morgan fingerprint density at radius 1 is 1.21 bits per heavy atom. The molecule has 1 amide bonds. The molecule has 0 radical (unpaired) electrons. The average molecular weight is 368 g/mol. The summed E-state index contributed by atoms with van der Waals surface area (Å²) >= 11 is 7.37. The van der Waals surface area contributed by atoms with Gasteiger partial charge in [-0.15, -0.1) is 11.3 Å². The molecule has 0 saturated heterocycles. The predicted molar refractivity (Wildman–Crippen MR) is 98.9 cm³/mol. The number of ether oxygens (including phenoxy) is 1. The van der Waals surface area contributed by atoms with Crippen LogP contribution < -0.4 is 0 Å². The molecule has 2 aromatic rings. The first-order valence-electron chi connectivity index (χ1n) is 7.65. The van der Waals surface area contributed by atoms with Crippen molar-refractivity contribution >= 4 is 28.8 Å². The number of amides is 1. The Labute approximate surface area is 151 Å². The lowest BCUT2D eigenvalue weighted by atomic mass is 10.2. The number of nitrogens with zero attached hydrogens (tertiary/aromatic N) is 3. The molecule has 7 heteroatoms. The summed E-state index contributed by atoms with van der Waals surface area (Å²) in [4.78, 5) is 21.1. The second-order valence-corrected chi connectivity index (χ2v) is 6.93. The van der Waals surface area contributed by atoms with E-state index in [4.69, 9.17) is 16.3 Å². The molecule has 24 heavy (non-hydrogen) atoms. The molecule has 5 nitrogen and oxygen atoms in total. The van der Waals surface area contributed by atoms with Crippen LogP contribution in [0.15, 0.2) is 29.6 Å². The van der Waals surface area contributed by atoms with Crippen molar-refractivity contribution in [1.82, 2.24) is 14.8 Å². The number of carbonyl (C=O) groups excluding carboxylic acids is 1. The molecule has 0 aliphatic heterocycles. The number of hydrogen-bond acceptors (Lipinski definition) is 5. The van der Waals surface area contributed by atoms with Gasteiger partial charge in [-0.05, 0) is 26.2 Å². The zero-order valence-electron chi connectivity index (χ0n) is 14.2. The third kappa shape index (κ3) is 5.27. The maximum atomic E-state index is 12.7. The maximum Gasteiger partial charge on any atom is 0.273 e. The number of halogens is 1. The van der Waals surface area contributed by atoms with Gasteiger partial charge in [0.15, 0.2) is 0 Å². The Hall–Kier alpha value is -1.47. The average Bonchev–Trinajstić information content (AvgIpc) is 3.05. The van der Waals surface area contributed by atoms with Crippen LogP contribution in [0.2, 0.25) is 5.02 Å². The third-order valence-corrected chi connectivity index (χ3v) is 4.63. The van der Waals surface area contributed by atoms with Crippen LogP contribution in [0.1, 0.15) is 10.5 Å². The quantitative estimate of drug-likeness (QED) is 0.719. The van der Waals surface area contributed by atoms with Gasteiger partial charge in [0, 0.05) is 42.7 Å². The second kappa shape index (κ2) is 9.13. The molecule has 0 aliphatic carbocycles. The van der Waals surface area contributed by atoms with Crippen molar-refractivity contribution in [3.05, 3.63) is 40.4 Å². The number of methoxy groups -OCH3 is 1. The fourth-order valence-electron chi connectivity index (χ4n) is 2.10. The van der Waals surface area contributed by atoms with Gasteiger partial charge in [-0.3, -0.25) is 4.79 Å². The van der Waals surface area contributed by atoms with Crippen LogP contribution in [0.5, 0.6) is 0 Å². The third-order valence-electron chi connectivity index (χ3n) is 3.48.